The van der Waals surface area contributed by atoms with E-state index < -0.39 is 29.5 Å². The first kappa shape index (κ1) is 38.4. The van der Waals surface area contributed by atoms with Crippen LogP contribution in [-0.2, 0) is 26.3 Å². The van der Waals surface area contributed by atoms with Gasteiger partial charge >= 0.3 is 0 Å². The van der Waals surface area contributed by atoms with E-state index in [-0.39, 0.29) is 11.5 Å². The van der Waals surface area contributed by atoms with E-state index in [1.807, 2.05) is 25.1 Å². The summed E-state index contributed by atoms with van der Waals surface area (Å²) in [4.78, 5) is 16.2. The second-order valence-corrected chi connectivity index (χ2v) is 24.5. The quantitative estimate of drug-likeness (QED) is 0.234. The lowest BCUT2D eigenvalue weighted by Gasteiger charge is -2.45. The van der Waals surface area contributed by atoms with Gasteiger partial charge in [-0.2, -0.15) is 0 Å². The van der Waals surface area contributed by atoms with Crippen molar-refractivity contribution in [1.82, 2.24) is 4.72 Å². The zero-order chi connectivity index (χ0) is 36.7. The molecule has 10 heteroatoms. The molecule has 0 aromatic heterocycles. The van der Waals surface area contributed by atoms with Gasteiger partial charge in [-0.15, -0.1) is 0 Å². The minimum Gasteiger partial charge on any atom is -0.490 e. The van der Waals surface area contributed by atoms with Crippen molar-refractivity contribution < 1.29 is 22.4 Å². The molecule has 4 aliphatic rings. The third kappa shape index (κ3) is 7.56. The zero-order valence-electron chi connectivity index (χ0n) is 31.7. The minimum absolute atomic E-state index is 0.183. The number of benzene rings is 2. The molecule has 7 nitrogen and oxygen atoms in total. The summed E-state index contributed by atoms with van der Waals surface area (Å²) in [6.45, 7) is 17.8. The number of allylic oxidation sites excluding steroid dienone is 1. The fraction of sp³-hybridized carbons (Fsp3) is 0.634. The van der Waals surface area contributed by atoms with Crippen molar-refractivity contribution in [2.45, 2.75) is 133 Å². The molecule has 0 unspecified atom stereocenters. The third-order valence-electron chi connectivity index (χ3n) is 12.8. The first-order chi connectivity index (χ1) is 24.2. The molecule has 0 radical (unpaired) electrons. The highest BCUT2D eigenvalue weighted by molar-refractivity contribution is 7.90. The van der Waals surface area contributed by atoms with Crippen molar-refractivity contribution in [3.05, 3.63) is 70.3 Å². The number of hydrogen-bond donors (Lipinski definition) is 1. The van der Waals surface area contributed by atoms with Crippen LogP contribution in [0.15, 0.2) is 48.6 Å². The lowest BCUT2D eigenvalue weighted by molar-refractivity contribution is 0.0981. The molecule has 51 heavy (non-hydrogen) atoms. The molecule has 1 spiro atoms. The zero-order valence-corrected chi connectivity index (χ0v) is 34.3. The predicted octanol–water partition coefficient (Wildman–Crippen LogP) is 9.59. The number of carbonyl (C=O) groups excluding carboxylic acids is 1. The van der Waals surface area contributed by atoms with Crippen LogP contribution >= 0.6 is 11.6 Å². The number of anilines is 1. The normalized spacial score (nSPS) is 28.8. The monoisotopic (exact) mass is 754 g/mol. The first-order valence-corrected chi connectivity index (χ1v) is 23.5. The van der Waals surface area contributed by atoms with E-state index in [4.69, 9.17) is 20.8 Å². The van der Waals surface area contributed by atoms with Gasteiger partial charge in [-0.05, 0) is 121 Å². The van der Waals surface area contributed by atoms with Crippen molar-refractivity contribution in [2.75, 3.05) is 24.6 Å². The summed E-state index contributed by atoms with van der Waals surface area (Å²) in [5.41, 5.74) is 4.77. The molecule has 0 saturated heterocycles. The van der Waals surface area contributed by atoms with Gasteiger partial charge in [0, 0.05) is 29.1 Å². The van der Waals surface area contributed by atoms with Crippen molar-refractivity contribution in [1.29, 1.82) is 0 Å². The Bertz CT molecular complexity index is 1710. The molecule has 1 N–H and O–H groups in total. The smallest absolute Gasteiger partial charge is 0.264 e. The van der Waals surface area contributed by atoms with Crippen LogP contribution in [0.5, 0.6) is 5.75 Å². The first-order valence-electron chi connectivity index (χ1n) is 19.4. The average molecular weight is 756 g/mol. The molecule has 1 amide bonds. The average Bonchev–Trinajstić information content (AvgIpc) is 3.20. The second-order valence-electron chi connectivity index (χ2n) is 16.7. The van der Waals surface area contributed by atoms with Crippen LogP contribution in [0.25, 0.3) is 0 Å². The van der Waals surface area contributed by atoms with E-state index in [0.717, 1.165) is 61.7 Å². The molecule has 2 bridgehead atoms. The van der Waals surface area contributed by atoms with Crippen molar-refractivity contribution >= 4 is 41.5 Å². The molecule has 5 atom stereocenters. The van der Waals surface area contributed by atoms with Gasteiger partial charge in [-0.1, -0.05) is 78.3 Å². The highest BCUT2D eigenvalue weighted by Gasteiger charge is 2.47. The number of amides is 1. The molecule has 2 aliphatic carbocycles. The Kier molecular flexibility index (Phi) is 11.4. The summed E-state index contributed by atoms with van der Waals surface area (Å²) in [6, 6.07) is 11.7. The number of ether oxygens (including phenoxy) is 1. The predicted molar refractivity (Wildman–Crippen MR) is 211 cm³/mol. The number of sulfonamides is 1. The second kappa shape index (κ2) is 15.2. The fourth-order valence-corrected chi connectivity index (χ4v) is 17.1. The Morgan fingerprint density at radius 3 is 2.41 bits per heavy atom. The molecule has 2 aliphatic heterocycles. The van der Waals surface area contributed by atoms with Gasteiger partial charge in [0.2, 0.25) is 18.3 Å². The summed E-state index contributed by atoms with van der Waals surface area (Å²) in [7, 11) is -6.20. The number of rotatable bonds is 6. The van der Waals surface area contributed by atoms with Gasteiger partial charge in [-0.3, -0.25) is 4.79 Å². The van der Waals surface area contributed by atoms with Gasteiger partial charge in [0.05, 0.1) is 23.6 Å². The van der Waals surface area contributed by atoms with Gasteiger partial charge < -0.3 is 14.1 Å². The lowest BCUT2D eigenvalue weighted by Crippen LogP contribution is -2.50. The van der Waals surface area contributed by atoms with Gasteiger partial charge in [0.1, 0.15) is 5.75 Å². The number of carbonyl (C=O) groups is 1. The Morgan fingerprint density at radius 1 is 1.00 bits per heavy atom. The molecule has 6 rings (SSSR count). The van der Waals surface area contributed by atoms with E-state index >= 15 is 0 Å². The van der Waals surface area contributed by atoms with Crippen molar-refractivity contribution in [2.24, 2.45) is 11.8 Å². The number of halogens is 1. The Morgan fingerprint density at radius 2 is 1.75 bits per heavy atom. The molecule has 2 aromatic rings. The van der Waals surface area contributed by atoms with Gasteiger partial charge in [0.25, 0.3) is 5.91 Å². The molecular formula is C41H59ClN2O5SSi. The number of hydrogen-bond acceptors (Lipinski definition) is 6. The van der Waals surface area contributed by atoms with Crippen LogP contribution in [0.4, 0.5) is 5.69 Å². The summed E-state index contributed by atoms with van der Waals surface area (Å²) < 4.78 is 44.1. The summed E-state index contributed by atoms with van der Waals surface area (Å²) >= 11 is 6.47. The molecule has 1 saturated carbocycles. The number of nitrogens with one attached hydrogen (secondary N) is 1. The van der Waals surface area contributed by atoms with E-state index in [9.17, 15) is 13.2 Å². The maximum absolute atomic E-state index is 13.8. The summed E-state index contributed by atoms with van der Waals surface area (Å²) in [5, 5.41) is 0.0462. The highest BCUT2D eigenvalue weighted by Crippen LogP contribution is 2.47. The third-order valence-corrected chi connectivity index (χ3v) is 21.0. The van der Waals surface area contributed by atoms with Crippen LogP contribution in [0.2, 0.25) is 21.6 Å². The highest BCUT2D eigenvalue weighted by atomic mass is 35.5. The van der Waals surface area contributed by atoms with Crippen LogP contribution in [0, 0.1) is 11.8 Å². The Labute approximate surface area is 313 Å². The number of nitrogens with zero attached hydrogens (tertiary/aromatic N) is 1. The van der Waals surface area contributed by atoms with E-state index in [0.29, 0.717) is 59.9 Å². The largest absolute Gasteiger partial charge is 0.490 e. The number of fused-ring (bicyclic) bond motifs is 4. The summed E-state index contributed by atoms with van der Waals surface area (Å²) in [6.07, 6.45) is 11.2. The van der Waals surface area contributed by atoms with Crippen LogP contribution in [0.1, 0.15) is 115 Å². The SMILES string of the molecule is CC[C@@H]1CC[C@H](O[Si](C(C)C)(C(C)C)C(C)C)/C=C/[C@@H]2CC[C@H]2CN2C[C@@]3(CCCc4cc(Cl)ccc43)COc3ccc(cc32)C(=O)NS1(=O)=O. The number of aryl methyl sites for hydroxylation is 1. The molecular weight excluding hydrogens is 696 g/mol. The standard InChI is InChI=1S/C41H59ClN2O5SSi/c1-8-36-18-17-35(49-51(27(2)3,28(4)5)29(6)7)16-13-30-11-12-33(30)24-44-25-41(21-9-10-31-22-34(42)15-19-37(31)41)26-48-39-20-14-32(23-38(39)44)40(45)43-50(36,46)47/h13-16,19-20,22-23,27-30,33,35-36H,8-12,17-18,21,24-26H2,1-7H3,(H,43,45)/b16-13+/t30-,33-,35+,36+,41-/m0/s1. The van der Waals surface area contributed by atoms with Crippen LogP contribution in [0.3, 0.4) is 0 Å². The van der Waals surface area contributed by atoms with Crippen molar-refractivity contribution in [3.63, 3.8) is 0 Å². The fourth-order valence-electron chi connectivity index (χ4n) is 9.95. The summed E-state index contributed by atoms with van der Waals surface area (Å²) in [5.74, 6) is 0.974. The van der Waals surface area contributed by atoms with E-state index in [1.165, 1.54) is 11.1 Å². The van der Waals surface area contributed by atoms with E-state index in [2.05, 4.69) is 75.4 Å². The van der Waals surface area contributed by atoms with Gasteiger partial charge in [-0.25, -0.2) is 13.1 Å². The lowest BCUT2D eigenvalue weighted by atomic mass is 9.69. The topological polar surface area (TPSA) is 84.9 Å². The Balaban J connectivity index is 1.40. The maximum Gasteiger partial charge on any atom is 0.264 e. The van der Waals surface area contributed by atoms with Crippen LogP contribution in [-0.4, -0.2) is 53.7 Å². The minimum atomic E-state index is -3.95. The van der Waals surface area contributed by atoms with E-state index in [1.54, 1.807) is 6.07 Å². The molecule has 280 valence electrons. The molecule has 2 aromatic carbocycles. The maximum atomic E-state index is 13.8. The Hall–Kier alpha value is -2.33. The van der Waals surface area contributed by atoms with Crippen molar-refractivity contribution in [3.8, 4) is 5.75 Å². The van der Waals surface area contributed by atoms with Crippen LogP contribution < -0.4 is 14.4 Å². The van der Waals surface area contributed by atoms with Gasteiger partial charge in [0.15, 0.2) is 0 Å². The molecule has 2 heterocycles. The molecule has 1 fully saturated rings.